The van der Waals surface area contributed by atoms with Gasteiger partial charge >= 0.3 is 0 Å². The molecule has 2 aliphatic rings. The minimum atomic E-state index is -3.97. The van der Waals surface area contributed by atoms with Gasteiger partial charge in [0.1, 0.15) is 0 Å². The number of fused-ring (bicyclic) bond motifs is 3. The highest BCUT2D eigenvalue weighted by Crippen LogP contribution is 2.38. The molecule has 0 aliphatic carbocycles. The van der Waals surface area contributed by atoms with Gasteiger partial charge in [0.05, 0.1) is 58.7 Å². The zero-order chi connectivity index (χ0) is 29.9. The lowest BCUT2D eigenvalue weighted by Crippen LogP contribution is -2.45. The lowest BCUT2D eigenvalue weighted by atomic mass is 10.1. The largest absolute Gasteiger partial charge is 0.377 e. The summed E-state index contributed by atoms with van der Waals surface area (Å²) in [5.41, 5.74) is 3.99. The number of benzene rings is 2. The smallest absolute Gasteiger partial charge is 0.269 e. The Bertz CT molecular complexity index is 2020. The summed E-state index contributed by atoms with van der Waals surface area (Å²) in [7, 11) is -3.97. The van der Waals surface area contributed by atoms with Gasteiger partial charge in [0.25, 0.3) is 15.6 Å². The minimum absolute atomic E-state index is 0.163. The highest BCUT2D eigenvalue weighted by atomic mass is 35.5. The summed E-state index contributed by atoms with van der Waals surface area (Å²) >= 11 is 12.2. The molecule has 8 nitrogen and oxygen atoms in total. The zero-order valence-electron chi connectivity index (χ0n) is 23.3. The number of pyridine rings is 2. The van der Waals surface area contributed by atoms with Crippen LogP contribution in [0.1, 0.15) is 24.0 Å². The van der Waals surface area contributed by atoms with Crippen LogP contribution in [0, 0.1) is 6.92 Å². The average molecular weight is 636 g/mol. The van der Waals surface area contributed by atoms with Gasteiger partial charge in [-0.15, -0.1) is 0 Å². The van der Waals surface area contributed by atoms with Crippen LogP contribution in [0.4, 0.5) is 5.69 Å². The second-order valence-electron chi connectivity index (χ2n) is 11.2. The summed E-state index contributed by atoms with van der Waals surface area (Å²) in [6, 6.07) is 17.9. The predicted molar refractivity (Wildman–Crippen MR) is 169 cm³/mol. The fraction of sp³-hybridized carbons (Fsp3) is 0.250. The molecule has 43 heavy (non-hydrogen) atoms. The molecule has 7 rings (SSSR count). The molecule has 2 bridgehead atoms. The number of ether oxygens (including phenoxy) is 1. The molecule has 0 radical (unpaired) electrons. The highest BCUT2D eigenvalue weighted by molar-refractivity contribution is 7.90. The van der Waals surface area contributed by atoms with Crippen molar-refractivity contribution in [3.8, 4) is 11.1 Å². The Morgan fingerprint density at radius 2 is 1.70 bits per heavy atom. The van der Waals surface area contributed by atoms with Crippen molar-refractivity contribution in [1.82, 2.24) is 13.5 Å². The number of anilines is 1. The summed E-state index contributed by atoms with van der Waals surface area (Å²) in [5.74, 6) is 0. The summed E-state index contributed by atoms with van der Waals surface area (Å²) in [4.78, 5) is 20.5. The van der Waals surface area contributed by atoms with E-state index in [1.807, 2.05) is 25.1 Å². The molecular weight excluding hydrogens is 607 g/mol. The van der Waals surface area contributed by atoms with Crippen molar-refractivity contribution < 1.29 is 13.2 Å². The number of morpholine rings is 1. The van der Waals surface area contributed by atoms with Gasteiger partial charge in [0.2, 0.25) is 0 Å². The maximum absolute atomic E-state index is 13.9. The molecule has 2 fully saturated rings. The number of halogens is 2. The van der Waals surface area contributed by atoms with Crippen LogP contribution in [0.15, 0.2) is 88.9 Å². The molecule has 0 saturated carbocycles. The second kappa shape index (κ2) is 10.8. The van der Waals surface area contributed by atoms with E-state index in [2.05, 4.69) is 4.90 Å². The van der Waals surface area contributed by atoms with Gasteiger partial charge in [0, 0.05) is 29.4 Å². The molecule has 2 atom stereocenters. The van der Waals surface area contributed by atoms with Crippen molar-refractivity contribution in [3.63, 3.8) is 0 Å². The van der Waals surface area contributed by atoms with Crippen LogP contribution >= 0.6 is 23.2 Å². The molecular formula is C32H28Cl2N4O4S. The topological polar surface area (TPSA) is 86.4 Å². The fourth-order valence-electron chi connectivity index (χ4n) is 6.14. The maximum atomic E-state index is 13.9. The first kappa shape index (κ1) is 28.2. The molecule has 2 aromatic carbocycles. The molecule has 2 saturated heterocycles. The van der Waals surface area contributed by atoms with E-state index in [-0.39, 0.29) is 22.5 Å². The SMILES string of the molecule is Cc1ccc(S(=O)(=O)n2cc(-c3ccn(Cc4ccc(Cl)c(Cl)c4)c(=O)c3)c3cc(N4C5CCC4COC5)cnc32)cc1. The Morgan fingerprint density at radius 1 is 0.953 bits per heavy atom. The van der Waals surface area contributed by atoms with Gasteiger partial charge in [-0.3, -0.25) is 4.79 Å². The molecule has 11 heteroatoms. The van der Waals surface area contributed by atoms with E-state index in [1.165, 1.54) is 10.0 Å². The first-order valence-electron chi connectivity index (χ1n) is 14.0. The number of rotatable bonds is 6. The summed E-state index contributed by atoms with van der Waals surface area (Å²) in [5, 5.41) is 1.52. The Hall–Kier alpha value is -3.63. The van der Waals surface area contributed by atoms with E-state index in [9.17, 15) is 13.2 Å². The van der Waals surface area contributed by atoms with Gasteiger partial charge in [-0.05, 0) is 67.3 Å². The van der Waals surface area contributed by atoms with Gasteiger partial charge in [-0.1, -0.05) is 47.0 Å². The van der Waals surface area contributed by atoms with Gasteiger partial charge < -0.3 is 14.2 Å². The first-order chi connectivity index (χ1) is 20.7. The van der Waals surface area contributed by atoms with Crippen LogP contribution in [0.3, 0.4) is 0 Å². The first-order valence-corrected chi connectivity index (χ1v) is 16.2. The Balaban J connectivity index is 1.35. The molecule has 5 aromatic rings. The number of hydrogen-bond donors (Lipinski definition) is 0. The van der Waals surface area contributed by atoms with E-state index in [0.29, 0.717) is 52.0 Å². The van der Waals surface area contributed by atoms with Gasteiger partial charge in [-0.2, -0.15) is 0 Å². The Morgan fingerprint density at radius 3 is 2.40 bits per heavy atom. The minimum Gasteiger partial charge on any atom is -0.377 e. The molecule has 5 heterocycles. The lowest BCUT2D eigenvalue weighted by Gasteiger charge is -2.36. The van der Waals surface area contributed by atoms with Crippen LogP contribution in [-0.4, -0.2) is 47.2 Å². The van der Waals surface area contributed by atoms with Crippen molar-refractivity contribution >= 4 is 49.9 Å². The van der Waals surface area contributed by atoms with Crippen LogP contribution in [-0.2, 0) is 21.3 Å². The fourth-order valence-corrected chi connectivity index (χ4v) is 7.78. The van der Waals surface area contributed by atoms with Gasteiger partial charge in [-0.25, -0.2) is 17.4 Å². The summed E-state index contributed by atoms with van der Waals surface area (Å²) < 4.78 is 36.4. The number of nitrogens with zero attached hydrogens (tertiary/aromatic N) is 4. The standard InChI is InChI=1S/C32H28Cl2N4O4S/c1-20-2-7-26(8-3-20)43(40,41)37-17-28(22-10-11-36(31(39)13-22)16-21-4-9-29(33)30(34)12-21)27-14-25(15-35-32(27)37)38-23-5-6-24(38)19-42-18-23/h2-4,7-15,17,23-24H,5-6,16,18-19H2,1H3. The van der Waals surface area contributed by atoms with E-state index in [1.54, 1.807) is 59.6 Å². The molecule has 0 N–H and O–H groups in total. The van der Waals surface area contributed by atoms with Crippen LogP contribution in [0.2, 0.25) is 10.0 Å². The summed E-state index contributed by atoms with van der Waals surface area (Å²) in [6.45, 7) is 3.53. The zero-order valence-corrected chi connectivity index (χ0v) is 25.6. The van der Waals surface area contributed by atoms with Crippen LogP contribution in [0.25, 0.3) is 22.2 Å². The molecule has 3 aromatic heterocycles. The number of aryl methyl sites for hydroxylation is 1. The predicted octanol–water partition coefficient (Wildman–Crippen LogP) is 6.13. The molecule has 0 spiro atoms. The van der Waals surface area contributed by atoms with E-state index >= 15 is 0 Å². The van der Waals surface area contributed by atoms with Crippen molar-refractivity contribution in [2.24, 2.45) is 0 Å². The molecule has 220 valence electrons. The average Bonchev–Trinajstić information content (AvgIpc) is 3.50. The normalized spacial score (nSPS) is 18.4. The second-order valence-corrected chi connectivity index (χ2v) is 13.8. The third kappa shape index (κ3) is 5.04. The van der Waals surface area contributed by atoms with Gasteiger partial charge in [0.15, 0.2) is 5.65 Å². The number of aromatic nitrogens is 3. The monoisotopic (exact) mass is 634 g/mol. The quantitative estimate of drug-likeness (QED) is 0.223. The summed E-state index contributed by atoms with van der Waals surface area (Å²) in [6.07, 6.45) is 7.10. The van der Waals surface area contributed by atoms with E-state index in [4.69, 9.17) is 32.9 Å². The highest BCUT2D eigenvalue weighted by Gasteiger charge is 2.38. The molecule has 0 amide bonds. The maximum Gasteiger partial charge on any atom is 0.269 e. The van der Waals surface area contributed by atoms with Crippen LogP contribution in [0.5, 0.6) is 0 Å². The third-order valence-corrected chi connectivity index (χ3v) is 10.8. The van der Waals surface area contributed by atoms with Crippen molar-refractivity contribution in [2.75, 3.05) is 18.1 Å². The van der Waals surface area contributed by atoms with Crippen molar-refractivity contribution in [1.29, 1.82) is 0 Å². The Labute approximate surface area is 259 Å². The van der Waals surface area contributed by atoms with Crippen molar-refractivity contribution in [3.05, 3.63) is 111 Å². The third-order valence-electron chi connectivity index (χ3n) is 8.36. The van der Waals surface area contributed by atoms with Crippen molar-refractivity contribution in [2.45, 2.75) is 43.3 Å². The van der Waals surface area contributed by atoms with Crippen LogP contribution < -0.4 is 10.5 Å². The van der Waals surface area contributed by atoms with E-state index < -0.39 is 10.0 Å². The number of hydrogen-bond acceptors (Lipinski definition) is 6. The Kier molecular flexibility index (Phi) is 7.09. The molecule has 2 aliphatic heterocycles. The lowest BCUT2D eigenvalue weighted by molar-refractivity contribution is 0.0906. The molecule has 2 unspecified atom stereocenters. The van der Waals surface area contributed by atoms with E-state index in [0.717, 1.165) is 29.7 Å².